The molecule has 0 aliphatic carbocycles. The van der Waals surface area contributed by atoms with Gasteiger partial charge in [-0.3, -0.25) is 9.59 Å². The number of alkyl carbamates (subject to hydrolysis) is 1. The first-order valence-electron chi connectivity index (χ1n) is 7.69. The van der Waals surface area contributed by atoms with E-state index in [0.717, 1.165) is 0 Å². The second-order valence-electron chi connectivity index (χ2n) is 6.13. The van der Waals surface area contributed by atoms with Crippen LogP contribution in [0.3, 0.4) is 0 Å². The predicted octanol–water partition coefficient (Wildman–Crippen LogP) is 0.0836. The molecule has 0 aromatic carbocycles. The SMILES string of the molecule is CCOC(=O)[C@H](C)NC(=O)CNC(=O)[C@H](C)NC(=O)OC(C)(C)C. The first-order chi connectivity index (χ1) is 11.0. The summed E-state index contributed by atoms with van der Waals surface area (Å²) >= 11 is 0. The largest absolute Gasteiger partial charge is 0.464 e. The molecular weight excluding hydrogens is 318 g/mol. The highest BCUT2D eigenvalue weighted by Crippen LogP contribution is 2.06. The topological polar surface area (TPSA) is 123 Å². The summed E-state index contributed by atoms with van der Waals surface area (Å²) < 4.78 is 9.77. The third-order valence-electron chi connectivity index (χ3n) is 2.57. The minimum Gasteiger partial charge on any atom is -0.464 e. The fraction of sp³-hybridized carbons (Fsp3) is 0.733. The Hall–Kier alpha value is -2.32. The van der Waals surface area contributed by atoms with Crippen LogP contribution < -0.4 is 16.0 Å². The summed E-state index contributed by atoms with van der Waals surface area (Å²) in [6, 6.07) is -1.69. The summed E-state index contributed by atoms with van der Waals surface area (Å²) in [4.78, 5) is 46.4. The molecule has 3 amide bonds. The van der Waals surface area contributed by atoms with Crippen LogP contribution in [0.2, 0.25) is 0 Å². The van der Waals surface area contributed by atoms with Gasteiger partial charge in [-0.25, -0.2) is 9.59 Å². The summed E-state index contributed by atoms with van der Waals surface area (Å²) in [6.45, 7) is 9.58. The van der Waals surface area contributed by atoms with E-state index in [1.807, 2.05) is 0 Å². The molecule has 0 aromatic heterocycles. The van der Waals surface area contributed by atoms with E-state index in [0.29, 0.717) is 0 Å². The Morgan fingerprint density at radius 1 is 1.00 bits per heavy atom. The summed E-state index contributed by atoms with van der Waals surface area (Å²) in [7, 11) is 0. The van der Waals surface area contributed by atoms with Crippen LogP contribution in [0.25, 0.3) is 0 Å². The molecular formula is C15H27N3O6. The minimum atomic E-state index is -0.880. The van der Waals surface area contributed by atoms with Gasteiger partial charge in [0.25, 0.3) is 0 Å². The van der Waals surface area contributed by atoms with Gasteiger partial charge in [0.15, 0.2) is 0 Å². The van der Waals surface area contributed by atoms with Crippen LogP contribution in [0.1, 0.15) is 41.5 Å². The molecule has 3 N–H and O–H groups in total. The molecule has 0 radical (unpaired) electrons. The Labute approximate surface area is 141 Å². The van der Waals surface area contributed by atoms with Gasteiger partial charge in [0, 0.05) is 0 Å². The molecule has 0 aliphatic rings. The number of carbonyl (C=O) groups excluding carboxylic acids is 4. The van der Waals surface area contributed by atoms with Crippen LogP contribution in [0.5, 0.6) is 0 Å². The van der Waals surface area contributed by atoms with Gasteiger partial charge in [0.1, 0.15) is 17.7 Å². The summed E-state index contributed by atoms with van der Waals surface area (Å²) in [5, 5.41) is 7.10. The minimum absolute atomic E-state index is 0.212. The van der Waals surface area contributed by atoms with Crippen LogP contribution in [0, 0.1) is 0 Å². The van der Waals surface area contributed by atoms with Crippen molar-refractivity contribution in [2.24, 2.45) is 0 Å². The Kier molecular flexibility index (Phi) is 8.80. The van der Waals surface area contributed by atoms with Crippen molar-refractivity contribution in [2.45, 2.75) is 59.2 Å². The molecule has 0 saturated carbocycles. The zero-order chi connectivity index (χ0) is 18.9. The fourth-order valence-electron chi connectivity index (χ4n) is 1.49. The number of rotatable bonds is 7. The van der Waals surface area contributed by atoms with E-state index in [2.05, 4.69) is 16.0 Å². The van der Waals surface area contributed by atoms with E-state index in [1.54, 1.807) is 27.7 Å². The second kappa shape index (κ2) is 9.74. The van der Waals surface area contributed by atoms with Gasteiger partial charge in [-0.05, 0) is 41.5 Å². The Balaban J connectivity index is 4.21. The van der Waals surface area contributed by atoms with E-state index in [1.165, 1.54) is 13.8 Å². The maximum atomic E-state index is 11.8. The van der Waals surface area contributed by atoms with Crippen molar-refractivity contribution >= 4 is 23.9 Å². The zero-order valence-corrected chi connectivity index (χ0v) is 15.0. The van der Waals surface area contributed by atoms with Crippen molar-refractivity contribution in [3.63, 3.8) is 0 Å². The Morgan fingerprint density at radius 3 is 2.08 bits per heavy atom. The molecule has 0 saturated heterocycles. The molecule has 0 bridgehead atoms. The summed E-state index contributed by atoms with van der Waals surface area (Å²) in [5.74, 6) is -1.66. The second-order valence-corrected chi connectivity index (χ2v) is 6.13. The molecule has 9 nitrogen and oxygen atoms in total. The van der Waals surface area contributed by atoms with Gasteiger partial charge in [-0.2, -0.15) is 0 Å². The monoisotopic (exact) mass is 345 g/mol. The quantitative estimate of drug-likeness (QED) is 0.562. The van der Waals surface area contributed by atoms with Gasteiger partial charge in [-0.15, -0.1) is 0 Å². The highest BCUT2D eigenvalue weighted by atomic mass is 16.6. The maximum Gasteiger partial charge on any atom is 0.408 e. The van der Waals surface area contributed by atoms with E-state index < -0.39 is 41.6 Å². The lowest BCUT2D eigenvalue weighted by Crippen LogP contribution is -2.50. The standard InChI is InChI=1S/C15H27N3O6/c1-7-23-13(21)10(3)17-11(19)8-16-12(20)9(2)18-14(22)24-15(4,5)6/h9-10H,7-8H2,1-6H3,(H,16,20)(H,17,19)(H,18,22)/t9-,10-/m0/s1. The van der Waals surface area contributed by atoms with Crippen molar-refractivity contribution in [1.29, 1.82) is 0 Å². The van der Waals surface area contributed by atoms with Crippen molar-refractivity contribution in [1.82, 2.24) is 16.0 Å². The van der Waals surface area contributed by atoms with E-state index >= 15 is 0 Å². The van der Waals surface area contributed by atoms with Crippen molar-refractivity contribution in [2.75, 3.05) is 13.2 Å². The zero-order valence-electron chi connectivity index (χ0n) is 15.0. The number of esters is 1. The van der Waals surface area contributed by atoms with Crippen LogP contribution >= 0.6 is 0 Å². The molecule has 0 heterocycles. The molecule has 0 aromatic rings. The first kappa shape index (κ1) is 21.7. The average molecular weight is 345 g/mol. The van der Waals surface area contributed by atoms with Gasteiger partial charge in [0.2, 0.25) is 11.8 Å². The van der Waals surface area contributed by atoms with E-state index in [-0.39, 0.29) is 13.2 Å². The summed E-state index contributed by atoms with van der Waals surface area (Å²) in [6.07, 6.45) is -0.731. The lowest BCUT2D eigenvalue weighted by Gasteiger charge is -2.21. The number of ether oxygens (including phenoxy) is 2. The first-order valence-corrected chi connectivity index (χ1v) is 7.69. The van der Waals surface area contributed by atoms with E-state index in [9.17, 15) is 19.2 Å². The average Bonchev–Trinajstić information content (AvgIpc) is 2.42. The molecule has 138 valence electrons. The molecule has 24 heavy (non-hydrogen) atoms. The van der Waals surface area contributed by atoms with Crippen molar-refractivity contribution in [3.8, 4) is 0 Å². The molecule has 0 fully saturated rings. The van der Waals surface area contributed by atoms with Crippen molar-refractivity contribution in [3.05, 3.63) is 0 Å². The van der Waals surface area contributed by atoms with Gasteiger partial charge < -0.3 is 25.4 Å². The normalized spacial score (nSPS) is 13.2. The Morgan fingerprint density at radius 2 is 1.58 bits per heavy atom. The maximum absolute atomic E-state index is 11.8. The fourth-order valence-corrected chi connectivity index (χ4v) is 1.49. The number of amides is 3. The smallest absolute Gasteiger partial charge is 0.408 e. The molecule has 9 heteroatoms. The van der Waals surface area contributed by atoms with Crippen LogP contribution in [0.15, 0.2) is 0 Å². The highest BCUT2D eigenvalue weighted by molar-refractivity contribution is 5.90. The number of nitrogens with one attached hydrogen (secondary N) is 3. The van der Waals surface area contributed by atoms with Crippen LogP contribution in [0.4, 0.5) is 4.79 Å². The van der Waals surface area contributed by atoms with E-state index in [4.69, 9.17) is 9.47 Å². The van der Waals surface area contributed by atoms with Gasteiger partial charge in [-0.1, -0.05) is 0 Å². The van der Waals surface area contributed by atoms with Crippen molar-refractivity contribution < 1.29 is 28.7 Å². The molecule has 0 spiro atoms. The molecule has 0 rings (SSSR count). The molecule has 0 aliphatic heterocycles. The highest BCUT2D eigenvalue weighted by Gasteiger charge is 2.22. The molecule has 2 atom stereocenters. The third kappa shape index (κ3) is 9.65. The Bertz CT molecular complexity index is 472. The third-order valence-corrected chi connectivity index (χ3v) is 2.57. The number of hydrogen-bond donors (Lipinski definition) is 3. The molecule has 0 unspecified atom stereocenters. The van der Waals surface area contributed by atoms with Crippen LogP contribution in [-0.4, -0.2) is 54.7 Å². The summed E-state index contributed by atoms with van der Waals surface area (Å²) in [5.41, 5.74) is -0.677. The van der Waals surface area contributed by atoms with Crippen LogP contribution in [-0.2, 0) is 23.9 Å². The number of hydrogen-bond acceptors (Lipinski definition) is 6. The van der Waals surface area contributed by atoms with Gasteiger partial charge in [0.05, 0.1) is 13.2 Å². The lowest BCUT2D eigenvalue weighted by atomic mass is 10.2. The predicted molar refractivity (Wildman–Crippen MR) is 86.1 cm³/mol. The van der Waals surface area contributed by atoms with Gasteiger partial charge >= 0.3 is 12.1 Å². The number of carbonyl (C=O) groups is 4. The lowest BCUT2D eigenvalue weighted by molar-refractivity contribution is -0.146.